The fraction of sp³-hybridized carbons (Fsp3) is 0.857. The molecule has 1 rings (SSSR count). The fourth-order valence-corrected chi connectivity index (χ4v) is 1.36. The molecule has 11 heavy (non-hydrogen) atoms. The lowest BCUT2D eigenvalue weighted by molar-refractivity contribution is 0.447. The molecule has 4 heteroatoms. The second-order valence-corrected chi connectivity index (χ2v) is 2.82. The van der Waals surface area contributed by atoms with Crippen LogP contribution in [-0.2, 0) is 0 Å². The average molecular weight is 156 g/mol. The van der Waals surface area contributed by atoms with E-state index in [0.717, 1.165) is 25.9 Å². The van der Waals surface area contributed by atoms with Gasteiger partial charge in [0.25, 0.3) is 0 Å². The maximum atomic E-state index is 7.56. The van der Waals surface area contributed by atoms with Crippen LogP contribution in [0.5, 0.6) is 0 Å². The summed E-state index contributed by atoms with van der Waals surface area (Å²) in [5, 5.41) is 13.7. The maximum absolute atomic E-state index is 7.56. The van der Waals surface area contributed by atoms with Crippen LogP contribution in [0.3, 0.4) is 0 Å². The lowest BCUT2D eigenvalue weighted by Gasteiger charge is -2.23. The van der Waals surface area contributed by atoms with Crippen molar-refractivity contribution in [2.24, 2.45) is 11.7 Å². The maximum Gasteiger partial charge on any atom is 0.0974 e. The van der Waals surface area contributed by atoms with Crippen molar-refractivity contribution in [3.05, 3.63) is 0 Å². The van der Waals surface area contributed by atoms with Crippen LogP contribution in [0, 0.1) is 11.3 Å². The monoisotopic (exact) mass is 156 g/mol. The van der Waals surface area contributed by atoms with E-state index in [1.54, 1.807) is 0 Å². The Balaban J connectivity index is 2.27. The Bertz CT molecular complexity index is 128. The molecule has 0 amide bonds. The Morgan fingerprint density at radius 2 is 2.18 bits per heavy atom. The van der Waals surface area contributed by atoms with Crippen LogP contribution in [0.25, 0.3) is 0 Å². The normalized spacial score (nSPS) is 19.7. The van der Waals surface area contributed by atoms with Crippen molar-refractivity contribution in [3.63, 3.8) is 0 Å². The third kappa shape index (κ3) is 2.48. The third-order valence-electron chi connectivity index (χ3n) is 2.04. The molecule has 4 nitrogen and oxygen atoms in total. The molecule has 0 aromatic carbocycles. The minimum Gasteiger partial charge on any atom is -0.361 e. The second kappa shape index (κ2) is 4.31. The zero-order chi connectivity index (χ0) is 8.10. The van der Waals surface area contributed by atoms with Gasteiger partial charge in [0.15, 0.2) is 0 Å². The van der Waals surface area contributed by atoms with Gasteiger partial charge in [-0.2, -0.15) is 0 Å². The van der Waals surface area contributed by atoms with Gasteiger partial charge in [0, 0.05) is 5.92 Å². The minimum absolute atomic E-state index is 0.378. The molecule has 0 bridgehead atoms. The first kappa shape index (κ1) is 8.49. The summed E-state index contributed by atoms with van der Waals surface area (Å²) in [6.07, 6.45) is 2.12. The van der Waals surface area contributed by atoms with Gasteiger partial charge in [0.05, 0.1) is 12.5 Å². The first-order chi connectivity index (χ1) is 5.34. The van der Waals surface area contributed by atoms with Gasteiger partial charge in [-0.1, -0.05) is 0 Å². The molecule has 1 aliphatic rings. The van der Waals surface area contributed by atoms with Crippen LogP contribution in [-0.4, -0.2) is 25.6 Å². The van der Waals surface area contributed by atoms with Crippen molar-refractivity contribution in [2.45, 2.75) is 12.8 Å². The molecular weight excluding hydrogens is 140 g/mol. The summed E-state index contributed by atoms with van der Waals surface area (Å²) in [7, 11) is 0. The Labute approximate surface area is 67.0 Å². The summed E-state index contributed by atoms with van der Waals surface area (Å²) in [6, 6.07) is 0. The zero-order valence-electron chi connectivity index (χ0n) is 6.69. The molecule has 5 N–H and O–H groups in total. The van der Waals surface area contributed by atoms with Gasteiger partial charge in [-0.25, -0.2) is 0 Å². The highest BCUT2D eigenvalue weighted by Crippen LogP contribution is 2.10. The Hall–Kier alpha value is -0.610. The highest BCUT2D eigenvalue weighted by atomic mass is 15.0. The van der Waals surface area contributed by atoms with Gasteiger partial charge >= 0.3 is 0 Å². The molecule has 0 saturated carbocycles. The zero-order valence-corrected chi connectivity index (χ0v) is 6.69. The van der Waals surface area contributed by atoms with E-state index in [9.17, 15) is 0 Å². The van der Waals surface area contributed by atoms with Crippen LogP contribution in [0.15, 0.2) is 0 Å². The smallest absolute Gasteiger partial charge is 0.0974 e. The lowest BCUT2D eigenvalue weighted by atomic mass is 9.97. The highest BCUT2D eigenvalue weighted by molar-refractivity contribution is 5.81. The molecule has 1 fully saturated rings. The van der Waals surface area contributed by atoms with E-state index in [1.165, 1.54) is 0 Å². The van der Waals surface area contributed by atoms with Gasteiger partial charge in [-0.15, -0.1) is 0 Å². The van der Waals surface area contributed by atoms with E-state index in [4.69, 9.17) is 11.1 Å². The summed E-state index contributed by atoms with van der Waals surface area (Å²) in [6.45, 7) is 2.43. The van der Waals surface area contributed by atoms with Crippen LogP contribution >= 0.6 is 0 Å². The van der Waals surface area contributed by atoms with Crippen molar-refractivity contribution in [1.82, 2.24) is 10.6 Å². The first-order valence-corrected chi connectivity index (χ1v) is 4.07. The molecule has 0 aliphatic carbocycles. The molecule has 0 aromatic heterocycles. The summed E-state index contributed by atoms with van der Waals surface area (Å²) < 4.78 is 0. The Kier molecular flexibility index (Phi) is 3.32. The molecule has 1 heterocycles. The van der Waals surface area contributed by atoms with Gasteiger partial charge in [0.2, 0.25) is 0 Å². The number of nitrogens with two attached hydrogens (primary N) is 1. The minimum atomic E-state index is 0.378. The van der Waals surface area contributed by atoms with Crippen molar-refractivity contribution < 1.29 is 0 Å². The van der Waals surface area contributed by atoms with Gasteiger partial charge in [0.1, 0.15) is 0 Å². The first-order valence-electron chi connectivity index (χ1n) is 4.07. The number of rotatable bonds is 2. The second-order valence-electron chi connectivity index (χ2n) is 2.82. The van der Waals surface area contributed by atoms with E-state index < -0.39 is 0 Å². The number of amidine groups is 1. The summed E-state index contributed by atoms with van der Waals surface area (Å²) >= 11 is 0. The Morgan fingerprint density at radius 3 is 2.73 bits per heavy atom. The topological polar surface area (TPSA) is 73.9 Å². The van der Waals surface area contributed by atoms with Crippen molar-refractivity contribution in [1.29, 1.82) is 5.41 Å². The van der Waals surface area contributed by atoms with Gasteiger partial charge in [-0.3, -0.25) is 5.41 Å². The van der Waals surface area contributed by atoms with E-state index in [2.05, 4.69) is 10.6 Å². The van der Waals surface area contributed by atoms with Crippen molar-refractivity contribution in [2.75, 3.05) is 19.8 Å². The van der Waals surface area contributed by atoms with Crippen LogP contribution in [0.2, 0.25) is 0 Å². The predicted molar refractivity (Wildman–Crippen MR) is 45.5 cm³/mol. The highest BCUT2D eigenvalue weighted by Gasteiger charge is 2.16. The number of hydrogen-bond acceptors (Lipinski definition) is 3. The van der Waals surface area contributed by atoms with Crippen molar-refractivity contribution >= 4 is 5.84 Å². The SMILES string of the molecule is N=C(NCN)C1CCNCC1. The van der Waals surface area contributed by atoms with Gasteiger partial charge < -0.3 is 16.4 Å². The quantitative estimate of drug-likeness (QED) is 0.247. The molecule has 64 valence electrons. The largest absolute Gasteiger partial charge is 0.361 e. The average Bonchev–Trinajstić information content (AvgIpc) is 2.07. The van der Waals surface area contributed by atoms with Crippen LogP contribution in [0.4, 0.5) is 0 Å². The Morgan fingerprint density at radius 1 is 1.55 bits per heavy atom. The molecule has 0 atom stereocenters. The number of piperidine rings is 1. The summed E-state index contributed by atoms with van der Waals surface area (Å²) in [4.78, 5) is 0. The van der Waals surface area contributed by atoms with E-state index in [-0.39, 0.29) is 0 Å². The standard InChI is InChI=1S/C7H16N4/c8-5-11-7(9)6-1-3-10-4-2-6/h6,10H,1-5,8H2,(H2,9,11). The molecule has 0 unspecified atom stereocenters. The molecule has 1 aliphatic heterocycles. The van der Waals surface area contributed by atoms with Crippen LogP contribution < -0.4 is 16.4 Å². The summed E-state index contributed by atoms with van der Waals surface area (Å²) in [5.74, 6) is 1.01. The molecule has 0 aromatic rings. The number of nitrogens with one attached hydrogen (secondary N) is 3. The third-order valence-corrected chi connectivity index (χ3v) is 2.04. The molecule has 0 spiro atoms. The fourth-order valence-electron chi connectivity index (χ4n) is 1.36. The van der Waals surface area contributed by atoms with E-state index in [1.807, 2.05) is 0 Å². The molecule has 1 saturated heterocycles. The van der Waals surface area contributed by atoms with Crippen LogP contribution in [0.1, 0.15) is 12.8 Å². The summed E-state index contributed by atoms with van der Waals surface area (Å²) in [5.41, 5.74) is 5.27. The lowest BCUT2D eigenvalue weighted by Crippen LogP contribution is -2.39. The van der Waals surface area contributed by atoms with Crippen molar-refractivity contribution in [3.8, 4) is 0 Å². The molecule has 0 radical (unpaired) electrons. The number of hydrogen-bond donors (Lipinski definition) is 4. The van der Waals surface area contributed by atoms with E-state index in [0.29, 0.717) is 18.4 Å². The molecular formula is C7H16N4. The van der Waals surface area contributed by atoms with Gasteiger partial charge in [-0.05, 0) is 25.9 Å². The predicted octanol–water partition coefficient (Wildman–Crippen LogP) is -0.531. The van der Waals surface area contributed by atoms with E-state index >= 15 is 0 Å².